The molecule has 0 fully saturated rings. The summed E-state index contributed by atoms with van der Waals surface area (Å²) in [6.45, 7) is 4.11. The summed E-state index contributed by atoms with van der Waals surface area (Å²) < 4.78 is 59.6. The van der Waals surface area contributed by atoms with Crippen LogP contribution in [-0.4, -0.2) is 12.1 Å². The van der Waals surface area contributed by atoms with Crippen LogP contribution in [0.3, 0.4) is 0 Å². The maximum Gasteiger partial charge on any atom is 0.457 e. The van der Waals surface area contributed by atoms with E-state index < -0.39 is 17.7 Å². The van der Waals surface area contributed by atoms with Crippen molar-refractivity contribution in [3.63, 3.8) is 0 Å². The number of halogens is 5. The minimum atomic E-state index is -5.52. The molecule has 0 saturated heterocycles. The van der Waals surface area contributed by atoms with Crippen LogP contribution in [0.5, 0.6) is 0 Å². The summed E-state index contributed by atoms with van der Waals surface area (Å²) >= 11 is 0. The van der Waals surface area contributed by atoms with E-state index in [1.165, 1.54) is 6.92 Å². The highest BCUT2D eigenvalue weighted by Crippen LogP contribution is 2.41. The molecule has 0 aromatic heterocycles. The lowest BCUT2D eigenvalue weighted by Crippen LogP contribution is -2.38. The molecule has 0 aromatic rings. The molecule has 0 heterocycles. The van der Waals surface area contributed by atoms with Gasteiger partial charge in [-0.25, -0.2) is 0 Å². The molecule has 5 heteroatoms. The van der Waals surface area contributed by atoms with Crippen LogP contribution < -0.4 is 0 Å². The standard InChI is InChI=1S/C7H8F5/c1-3-5(4-2)6(8,9)7(10,11)12/h3H,1,4H2,2H3/b5-3+. The SMILES string of the molecule is [CH2]/C=C(\CC)C(F)(F)C(F)(F)F. The second kappa shape index (κ2) is 3.41. The highest BCUT2D eigenvalue weighted by atomic mass is 19.4. The Morgan fingerprint density at radius 1 is 1.25 bits per heavy atom. The van der Waals surface area contributed by atoms with Gasteiger partial charge in [0.2, 0.25) is 0 Å². The molecule has 0 rings (SSSR count). The second-order valence-corrected chi connectivity index (χ2v) is 2.16. The highest BCUT2D eigenvalue weighted by molar-refractivity contribution is 5.16. The Morgan fingerprint density at radius 3 is 1.75 bits per heavy atom. The van der Waals surface area contributed by atoms with Crippen LogP contribution >= 0.6 is 0 Å². The molecule has 0 spiro atoms. The zero-order valence-corrected chi connectivity index (χ0v) is 6.38. The van der Waals surface area contributed by atoms with Gasteiger partial charge in [-0.05, 0) is 13.3 Å². The Kier molecular flexibility index (Phi) is 3.24. The van der Waals surface area contributed by atoms with Crippen molar-refractivity contribution >= 4 is 0 Å². The van der Waals surface area contributed by atoms with E-state index in [-0.39, 0.29) is 6.42 Å². The van der Waals surface area contributed by atoms with Crippen molar-refractivity contribution < 1.29 is 22.0 Å². The van der Waals surface area contributed by atoms with Gasteiger partial charge in [0, 0.05) is 5.57 Å². The van der Waals surface area contributed by atoms with Crippen LogP contribution in [0.15, 0.2) is 11.6 Å². The largest absolute Gasteiger partial charge is 0.457 e. The summed E-state index contributed by atoms with van der Waals surface area (Å²) in [6, 6.07) is 0. The van der Waals surface area contributed by atoms with Gasteiger partial charge < -0.3 is 0 Å². The summed E-state index contributed by atoms with van der Waals surface area (Å²) in [5.41, 5.74) is -1.00. The van der Waals surface area contributed by atoms with Crippen molar-refractivity contribution in [3.05, 3.63) is 18.6 Å². The number of allylic oxidation sites excluding steroid dienone is 2. The van der Waals surface area contributed by atoms with E-state index in [0.717, 1.165) is 0 Å². The molecule has 0 atom stereocenters. The van der Waals surface area contributed by atoms with Crippen LogP contribution in [0.4, 0.5) is 22.0 Å². The molecule has 0 aliphatic heterocycles. The first-order valence-corrected chi connectivity index (χ1v) is 3.20. The molecule has 12 heavy (non-hydrogen) atoms. The molecule has 0 bridgehead atoms. The Balaban J connectivity index is 4.84. The zero-order valence-electron chi connectivity index (χ0n) is 6.38. The lowest BCUT2D eigenvalue weighted by Gasteiger charge is -2.21. The maximum absolute atomic E-state index is 12.4. The van der Waals surface area contributed by atoms with Gasteiger partial charge in [-0.1, -0.05) is 13.0 Å². The average molecular weight is 187 g/mol. The van der Waals surface area contributed by atoms with Gasteiger partial charge in [-0.15, -0.1) is 0 Å². The fourth-order valence-corrected chi connectivity index (χ4v) is 0.677. The smallest absolute Gasteiger partial charge is 0.191 e. The van der Waals surface area contributed by atoms with Gasteiger partial charge >= 0.3 is 12.1 Å². The van der Waals surface area contributed by atoms with E-state index in [2.05, 4.69) is 6.92 Å². The summed E-state index contributed by atoms with van der Waals surface area (Å²) in [4.78, 5) is 0. The Hall–Kier alpha value is -0.610. The number of rotatable bonds is 2. The van der Waals surface area contributed by atoms with Crippen LogP contribution in [0.1, 0.15) is 13.3 Å². The van der Waals surface area contributed by atoms with Crippen molar-refractivity contribution in [1.82, 2.24) is 0 Å². The van der Waals surface area contributed by atoms with Gasteiger partial charge in [0.15, 0.2) is 0 Å². The molecule has 71 valence electrons. The van der Waals surface area contributed by atoms with Crippen molar-refractivity contribution in [3.8, 4) is 0 Å². The van der Waals surface area contributed by atoms with Crippen LogP contribution in [0.25, 0.3) is 0 Å². The monoisotopic (exact) mass is 187 g/mol. The Morgan fingerprint density at radius 2 is 1.67 bits per heavy atom. The van der Waals surface area contributed by atoms with Crippen molar-refractivity contribution in [1.29, 1.82) is 0 Å². The van der Waals surface area contributed by atoms with E-state index in [1.54, 1.807) is 0 Å². The molecule has 0 unspecified atom stereocenters. The van der Waals surface area contributed by atoms with Crippen molar-refractivity contribution in [2.45, 2.75) is 25.4 Å². The number of hydrogen-bond donors (Lipinski definition) is 0. The van der Waals surface area contributed by atoms with Gasteiger partial charge in [0.1, 0.15) is 0 Å². The summed E-state index contributed by atoms with van der Waals surface area (Å²) in [7, 11) is 0. The molecule has 0 aliphatic carbocycles. The molecule has 0 nitrogen and oxygen atoms in total. The molecule has 0 aromatic carbocycles. The van der Waals surface area contributed by atoms with Crippen LogP contribution in [-0.2, 0) is 0 Å². The topological polar surface area (TPSA) is 0 Å². The number of hydrogen-bond acceptors (Lipinski definition) is 0. The second-order valence-electron chi connectivity index (χ2n) is 2.16. The predicted octanol–water partition coefficient (Wildman–Crippen LogP) is 3.35. The lowest BCUT2D eigenvalue weighted by molar-refractivity contribution is -0.265. The van der Waals surface area contributed by atoms with E-state index in [1.807, 2.05) is 0 Å². The fraction of sp³-hybridized carbons (Fsp3) is 0.571. The minimum absolute atomic E-state index is 0.365. The maximum atomic E-state index is 12.4. The third-order valence-electron chi connectivity index (χ3n) is 1.39. The summed E-state index contributed by atoms with van der Waals surface area (Å²) in [5.74, 6) is -4.75. The number of alkyl halides is 5. The molecular formula is C7H8F5. The minimum Gasteiger partial charge on any atom is -0.191 e. The summed E-state index contributed by atoms with van der Waals surface area (Å²) in [5, 5.41) is 0. The van der Waals surface area contributed by atoms with Crippen molar-refractivity contribution in [2.75, 3.05) is 0 Å². The first-order valence-electron chi connectivity index (χ1n) is 3.20. The third kappa shape index (κ3) is 1.95. The van der Waals surface area contributed by atoms with Gasteiger partial charge in [-0.2, -0.15) is 22.0 Å². The van der Waals surface area contributed by atoms with Gasteiger partial charge in [0.05, 0.1) is 0 Å². The molecule has 0 amide bonds. The Labute approximate surface area is 67.1 Å². The quantitative estimate of drug-likeness (QED) is 0.581. The van der Waals surface area contributed by atoms with E-state index in [4.69, 9.17) is 0 Å². The first kappa shape index (κ1) is 11.4. The zero-order chi connectivity index (χ0) is 9.99. The molecule has 0 saturated carbocycles. The van der Waals surface area contributed by atoms with E-state index in [0.29, 0.717) is 6.08 Å². The van der Waals surface area contributed by atoms with Gasteiger partial charge in [0.25, 0.3) is 0 Å². The summed E-state index contributed by atoms with van der Waals surface area (Å²) in [6.07, 6.45) is -5.34. The molecular weight excluding hydrogens is 179 g/mol. The Bertz CT molecular complexity index is 177. The normalized spacial score (nSPS) is 15.1. The molecule has 0 aliphatic rings. The van der Waals surface area contributed by atoms with E-state index in [9.17, 15) is 22.0 Å². The fourth-order valence-electron chi connectivity index (χ4n) is 0.677. The highest BCUT2D eigenvalue weighted by Gasteiger charge is 2.58. The molecule has 1 radical (unpaired) electrons. The first-order chi connectivity index (χ1) is 5.27. The van der Waals surface area contributed by atoms with Crippen molar-refractivity contribution in [2.24, 2.45) is 0 Å². The van der Waals surface area contributed by atoms with Gasteiger partial charge in [-0.3, -0.25) is 0 Å². The predicted molar refractivity (Wildman–Crippen MR) is 34.7 cm³/mol. The third-order valence-corrected chi connectivity index (χ3v) is 1.39. The van der Waals surface area contributed by atoms with E-state index >= 15 is 0 Å². The van der Waals surface area contributed by atoms with Crippen LogP contribution in [0, 0.1) is 6.92 Å². The van der Waals surface area contributed by atoms with Crippen LogP contribution in [0.2, 0.25) is 0 Å². The average Bonchev–Trinajstić information content (AvgIpc) is 1.87. The lowest BCUT2D eigenvalue weighted by atomic mass is 10.1. The molecule has 0 N–H and O–H groups in total.